The second-order valence-corrected chi connectivity index (χ2v) is 7.87. The lowest BCUT2D eigenvalue weighted by molar-refractivity contribution is -0.0612. The molecule has 152 valence electrons. The van der Waals surface area contributed by atoms with Crippen LogP contribution >= 0.6 is 11.6 Å². The second-order valence-electron chi connectivity index (χ2n) is 7.46. The van der Waals surface area contributed by atoms with Crippen LogP contribution < -0.4 is 5.73 Å². The van der Waals surface area contributed by atoms with Crippen molar-refractivity contribution in [2.45, 2.75) is 30.8 Å². The number of hydrogen-bond donors (Lipinski definition) is 4. The molecule has 0 amide bonds. The smallest absolute Gasteiger partial charge is 0.142 e. The van der Waals surface area contributed by atoms with Crippen LogP contribution in [0.2, 0.25) is 5.02 Å². The highest BCUT2D eigenvalue weighted by molar-refractivity contribution is 6.30. The minimum atomic E-state index is -1.34. The zero-order valence-corrected chi connectivity index (χ0v) is 16.2. The molecule has 0 saturated heterocycles. The third kappa shape index (κ3) is 2.93. The maximum Gasteiger partial charge on any atom is 0.142 e. The SMILES string of the molecule is C=C[C@]1([C@H](O)c2ccc(Cl)c(F)c2)C[C@@H](n2ccc3c(N)ccnc32)[C@H](O)[C@@H]1O. The number of fused-ring (bicyclic) bond motifs is 1. The van der Waals surface area contributed by atoms with Gasteiger partial charge in [0.25, 0.3) is 0 Å². The average Bonchev–Trinajstić information content (AvgIpc) is 3.25. The van der Waals surface area contributed by atoms with Gasteiger partial charge in [-0.3, -0.25) is 0 Å². The zero-order chi connectivity index (χ0) is 20.9. The van der Waals surface area contributed by atoms with E-state index in [0.717, 1.165) is 11.5 Å². The maximum absolute atomic E-state index is 13.9. The summed E-state index contributed by atoms with van der Waals surface area (Å²) in [6.07, 6.45) is 1.04. The van der Waals surface area contributed by atoms with Gasteiger partial charge in [-0.05, 0) is 36.2 Å². The van der Waals surface area contributed by atoms with Crippen molar-refractivity contribution >= 4 is 28.3 Å². The number of aromatic nitrogens is 2. The van der Waals surface area contributed by atoms with Crippen molar-refractivity contribution in [2.75, 3.05) is 5.73 Å². The first kappa shape index (κ1) is 19.8. The van der Waals surface area contributed by atoms with Crippen molar-refractivity contribution in [3.8, 4) is 0 Å². The van der Waals surface area contributed by atoms with Crippen LogP contribution in [0.25, 0.3) is 11.0 Å². The Morgan fingerprint density at radius 1 is 1.34 bits per heavy atom. The number of nitrogen functional groups attached to an aromatic ring is 1. The monoisotopic (exact) mass is 417 g/mol. The van der Waals surface area contributed by atoms with Gasteiger partial charge in [0, 0.05) is 28.9 Å². The van der Waals surface area contributed by atoms with Gasteiger partial charge in [-0.2, -0.15) is 0 Å². The van der Waals surface area contributed by atoms with Crippen molar-refractivity contribution in [1.82, 2.24) is 9.55 Å². The van der Waals surface area contributed by atoms with Gasteiger partial charge in [0.1, 0.15) is 17.6 Å². The summed E-state index contributed by atoms with van der Waals surface area (Å²) in [7, 11) is 0. The van der Waals surface area contributed by atoms with Crippen LogP contribution in [0.3, 0.4) is 0 Å². The van der Waals surface area contributed by atoms with Gasteiger partial charge in [-0.15, -0.1) is 6.58 Å². The summed E-state index contributed by atoms with van der Waals surface area (Å²) >= 11 is 5.74. The second kappa shape index (κ2) is 7.11. The molecule has 1 aliphatic carbocycles. The molecule has 6 nitrogen and oxygen atoms in total. The fourth-order valence-corrected chi connectivity index (χ4v) is 4.44. The topological polar surface area (TPSA) is 105 Å². The van der Waals surface area contributed by atoms with Crippen molar-refractivity contribution in [3.05, 3.63) is 71.8 Å². The molecule has 0 spiro atoms. The van der Waals surface area contributed by atoms with Crippen molar-refractivity contribution < 1.29 is 19.7 Å². The van der Waals surface area contributed by atoms with Crippen molar-refractivity contribution in [3.63, 3.8) is 0 Å². The summed E-state index contributed by atoms with van der Waals surface area (Å²) in [4.78, 5) is 4.34. The number of aliphatic hydroxyl groups is 3. The predicted octanol–water partition coefficient (Wildman–Crippen LogP) is 2.98. The largest absolute Gasteiger partial charge is 0.398 e. The van der Waals surface area contributed by atoms with E-state index < -0.39 is 35.6 Å². The van der Waals surface area contributed by atoms with E-state index in [-0.39, 0.29) is 17.0 Å². The average molecular weight is 418 g/mol. The molecule has 1 fully saturated rings. The lowest BCUT2D eigenvalue weighted by Crippen LogP contribution is -2.39. The molecular formula is C21H21ClFN3O3. The summed E-state index contributed by atoms with van der Waals surface area (Å²) in [6, 6.07) is 6.82. The highest BCUT2D eigenvalue weighted by Gasteiger charge is 2.56. The van der Waals surface area contributed by atoms with Crippen LogP contribution in [0.5, 0.6) is 0 Å². The molecule has 4 rings (SSSR count). The van der Waals surface area contributed by atoms with Gasteiger partial charge in [-0.1, -0.05) is 23.7 Å². The molecule has 1 aromatic carbocycles. The van der Waals surface area contributed by atoms with Gasteiger partial charge in [0.15, 0.2) is 0 Å². The van der Waals surface area contributed by atoms with Gasteiger partial charge in [0.05, 0.1) is 23.3 Å². The third-order valence-corrected chi connectivity index (χ3v) is 6.29. The number of benzene rings is 1. The summed E-state index contributed by atoms with van der Waals surface area (Å²) in [5.74, 6) is -0.678. The normalized spacial score (nSPS) is 28.0. The summed E-state index contributed by atoms with van der Waals surface area (Å²) in [5.41, 5.74) is 6.04. The Balaban J connectivity index is 1.76. The van der Waals surface area contributed by atoms with Crippen LogP contribution in [0.15, 0.2) is 55.4 Å². The van der Waals surface area contributed by atoms with E-state index in [1.807, 2.05) is 0 Å². The van der Waals surface area contributed by atoms with E-state index in [9.17, 15) is 19.7 Å². The molecule has 0 unspecified atom stereocenters. The minimum Gasteiger partial charge on any atom is -0.398 e. The predicted molar refractivity (Wildman–Crippen MR) is 109 cm³/mol. The quantitative estimate of drug-likeness (QED) is 0.488. The first-order valence-electron chi connectivity index (χ1n) is 9.14. The van der Waals surface area contributed by atoms with Crippen LogP contribution in [-0.2, 0) is 0 Å². The molecular weight excluding hydrogens is 397 g/mol. The van der Waals surface area contributed by atoms with Crippen LogP contribution in [0, 0.1) is 11.2 Å². The number of rotatable bonds is 4. The maximum atomic E-state index is 13.9. The van der Waals surface area contributed by atoms with Gasteiger partial charge >= 0.3 is 0 Å². The Bertz CT molecular complexity index is 1090. The first-order valence-corrected chi connectivity index (χ1v) is 9.51. The van der Waals surface area contributed by atoms with E-state index in [4.69, 9.17) is 17.3 Å². The Kier molecular flexibility index (Phi) is 4.86. The molecule has 0 bridgehead atoms. The van der Waals surface area contributed by atoms with Crippen molar-refractivity contribution in [2.24, 2.45) is 5.41 Å². The lowest BCUT2D eigenvalue weighted by atomic mass is 9.75. The molecule has 1 aliphatic rings. The van der Waals surface area contributed by atoms with E-state index >= 15 is 0 Å². The number of halogens is 2. The van der Waals surface area contributed by atoms with Gasteiger partial charge in [-0.25, -0.2) is 9.37 Å². The standard InChI is InChI=1S/C21H21ClFN3O3/c1-2-21(18(28)11-3-4-13(22)14(23)9-11)10-16(17(27)19(21)29)26-8-6-12-15(24)5-7-25-20(12)26/h2-9,16-19,27-29H,1,10H2,(H2,24,25)/t16-,17+,18-,19+,21-/m1/s1. The molecule has 5 atom stereocenters. The molecule has 2 aromatic heterocycles. The minimum absolute atomic E-state index is 0.0686. The summed E-state index contributed by atoms with van der Waals surface area (Å²) < 4.78 is 15.7. The highest BCUT2D eigenvalue weighted by atomic mass is 35.5. The molecule has 8 heteroatoms. The number of hydrogen-bond acceptors (Lipinski definition) is 5. The molecule has 0 aliphatic heterocycles. The molecule has 1 saturated carbocycles. The van der Waals surface area contributed by atoms with E-state index in [1.54, 1.807) is 29.1 Å². The van der Waals surface area contributed by atoms with E-state index in [2.05, 4.69) is 11.6 Å². The zero-order valence-electron chi connectivity index (χ0n) is 15.4. The number of pyridine rings is 1. The highest BCUT2D eigenvalue weighted by Crippen LogP contribution is 2.53. The number of aliphatic hydroxyl groups excluding tert-OH is 3. The number of anilines is 1. The van der Waals surface area contributed by atoms with E-state index in [0.29, 0.717) is 11.3 Å². The van der Waals surface area contributed by atoms with E-state index in [1.165, 1.54) is 18.2 Å². The summed E-state index contributed by atoms with van der Waals surface area (Å²) in [6.45, 7) is 3.78. The molecule has 3 aromatic rings. The van der Waals surface area contributed by atoms with Crippen LogP contribution in [0.1, 0.15) is 24.1 Å². The lowest BCUT2D eigenvalue weighted by Gasteiger charge is -2.35. The molecule has 2 heterocycles. The molecule has 5 N–H and O–H groups in total. The van der Waals surface area contributed by atoms with Crippen LogP contribution in [-0.4, -0.2) is 37.1 Å². The third-order valence-electron chi connectivity index (χ3n) is 5.99. The van der Waals surface area contributed by atoms with Gasteiger partial charge < -0.3 is 25.6 Å². The Hall–Kier alpha value is -2.45. The van der Waals surface area contributed by atoms with Crippen molar-refractivity contribution in [1.29, 1.82) is 0 Å². The summed E-state index contributed by atoms with van der Waals surface area (Å²) in [5, 5.41) is 33.4. The molecule has 29 heavy (non-hydrogen) atoms. The van der Waals surface area contributed by atoms with Gasteiger partial charge in [0.2, 0.25) is 0 Å². The fraction of sp³-hybridized carbons (Fsp3) is 0.286. The first-order chi connectivity index (χ1) is 13.8. The number of nitrogens with two attached hydrogens (primary N) is 1. The Morgan fingerprint density at radius 3 is 2.79 bits per heavy atom. The Labute approximate surface area is 171 Å². The van der Waals surface area contributed by atoms with Crippen LogP contribution in [0.4, 0.5) is 10.1 Å². The Morgan fingerprint density at radius 2 is 2.10 bits per heavy atom. The fourth-order valence-electron chi connectivity index (χ4n) is 4.32. The molecule has 0 radical (unpaired) electrons. The number of nitrogens with zero attached hydrogens (tertiary/aromatic N) is 2.